The minimum atomic E-state index is -1.52. The first-order valence-electron chi connectivity index (χ1n) is 6.38. The van der Waals surface area contributed by atoms with Crippen LogP contribution in [0.3, 0.4) is 0 Å². The molecule has 0 saturated heterocycles. The number of aliphatic hydroxyl groups is 1. The van der Waals surface area contributed by atoms with Crippen molar-refractivity contribution in [3.05, 3.63) is 53.6 Å². The maximum atomic E-state index is 12.0. The van der Waals surface area contributed by atoms with E-state index in [-0.39, 0.29) is 22.8 Å². The Balaban J connectivity index is 2.32. The van der Waals surface area contributed by atoms with Crippen LogP contribution in [-0.2, 0) is 4.79 Å². The number of aliphatic hydroxyl groups excluding tert-OH is 1. The molecule has 6 nitrogen and oxygen atoms in total. The molecule has 1 unspecified atom stereocenters. The van der Waals surface area contributed by atoms with Gasteiger partial charge in [-0.05, 0) is 17.7 Å². The third kappa shape index (κ3) is 3.07. The van der Waals surface area contributed by atoms with Gasteiger partial charge in [0, 0.05) is 0 Å². The first kappa shape index (κ1) is 15.5. The molecule has 1 atom stereocenters. The number of aromatic hydroxyl groups is 1. The second-order valence-electron chi connectivity index (χ2n) is 4.39. The van der Waals surface area contributed by atoms with Crippen LogP contribution in [-0.4, -0.2) is 29.6 Å². The fourth-order valence-corrected chi connectivity index (χ4v) is 1.89. The lowest BCUT2D eigenvalue weighted by molar-refractivity contribution is -0.144. The fourth-order valence-electron chi connectivity index (χ4n) is 1.89. The van der Waals surface area contributed by atoms with Gasteiger partial charge in [0.05, 0.1) is 12.7 Å². The van der Waals surface area contributed by atoms with Crippen LogP contribution >= 0.6 is 0 Å². The number of rotatable bonds is 5. The second kappa shape index (κ2) is 6.73. The zero-order valence-corrected chi connectivity index (χ0v) is 11.7. The average molecular weight is 302 g/mol. The Bertz CT molecular complexity index is 681. The lowest BCUT2D eigenvalue weighted by Crippen LogP contribution is -2.19. The molecule has 6 heteroatoms. The summed E-state index contributed by atoms with van der Waals surface area (Å²) in [6.07, 6.45) is -1.06. The average Bonchev–Trinajstić information content (AvgIpc) is 2.55. The van der Waals surface area contributed by atoms with Crippen LogP contribution in [0.5, 0.6) is 17.2 Å². The third-order valence-corrected chi connectivity index (χ3v) is 2.99. The molecule has 2 rings (SSSR count). The van der Waals surface area contributed by atoms with Crippen molar-refractivity contribution >= 4 is 12.3 Å². The number of benzene rings is 2. The second-order valence-corrected chi connectivity index (χ2v) is 4.39. The van der Waals surface area contributed by atoms with E-state index in [1.54, 1.807) is 30.3 Å². The molecule has 2 aromatic rings. The number of phenols is 1. The van der Waals surface area contributed by atoms with Gasteiger partial charge in [0.25, 0.3) is 0 Å². The van der Waals surface area contributed by atoms with E-state index in [0.717, 1.165) is 0 Å². The molecule has 0 bridgehead atoms. The summed E-state index contributed by atoms with van der Waals surface area (Å²) in [7, 11) is 1.26. The van der Waals surface area contributed by atoms with Crippen LogP contribution in [0.1, 0.15) is 22.0 Å². The molecular formula is C16H14O6. The fraction of sp³-hybridized carbons (Fsp3) is 0.125. The summed E-state index contributed by atoms with van der Waals surface area (Å²) in [4.78, 5) is 23.1. The molecule has 0 aromatic heterocycles. The third-order valence-electron chi connectivity index (χ3n) is 2.99. The smallest absolute Gasteiger partial charge is 0.345 e. The highest BCUT2D eigenvalue weighted by atomic mass is 16.6. The first-order valence-corrected chi connectivity index (χ1v) is 6.38. The quantitative estimate of drug-likeness (QED) is 0.497. The van der Waals surface area contributed by atoms with Crippen LogP contribution in [0, 0.1) is 0 Å². The summed E-state index contributed by atoms with van der Waals surface area (Å²) in [6, 6.07) is 10.7. The Kier molecular flexibility index (Phi) is 4.75. The Hall–Kier alpha value is -2.86. The number of aldehydes is 1. The van der Waals surface area contributed by atoms with Gasteiger partial charge in [-0.15, -0.1) is 0 Å². The maximum Gasteiger partial charge on any atom is 0.345 e. The molecule has 22 heavy (non-hydrogen) atoms. The molecule has 114 valence electrons. The van der Waals surface area contributed by atoms with Gasteiger partial charge in [0.1, 0.15) is 0 Å². The molecule has 0 spiro atoms. The molecule has 0 aliphatic heterocycles. The lowest BCUT2D eigenvalue weighted by atomic mass is 10.1. The lowest BCUT2D eigenvalue weighted by Gasteiger charge is -2.15. The predicted octanol–water partition coefficient (Wildman–Crippen LogP) is 1.85. The molecular weight excluding hydrogens is 288 g/mol. The number of hydrogen-bond donors (Lipinski definition) is 2. The predicted molar refractivity (Wildman–Crippen MR) is 77.1 cm³/mol. The van der Waals surface area contributed by atoms with E-state index < -0.39 is 12.1 Å². The van der Waals surface area contributed by atoms with E-state index in [1.165, 1.54) is 19.2 Å². The van der Waals surface area contributed by atoms with Crippen molar-refractivity contribution in [2.45, 2.75) is 6.10 Å². The summed E-state index contributed by atoms with van der Waals surface area (Å²) in [5, 5.41) is 19.7. The van der Waals surface area contributed by atoms with Gasteiger partial charge in [-0.2, -0.15) is 0 Å². The van der Waals surface area contributed by atoms with Crippen molar-refractivity contribution in [1.29, 1.82) is 0 Å². The molecule has 0 aliphatic carbocycles. The van der Waals surface area contributed by atoms with Crippen molar-refractivity contribution in [3.63, 3.8) is 0 Å². The van der Waals surface area contributed by atoms with Gasteiger partial charge in [-0.1, -0.05) is 30.3 Å². The Morgan fingerprint density at radius 3 is 2.41 bits per heavy atom. The SMILES string of the molecule is COc1c(O)ccc(C=O)c1OC(=O)C(O)c1ccccc1. The standard InChI is InChI=1S/C16H14O6/c1-21-15-12(18)8-7-11(9-17)14(15)22-16(20)13(19)10-5-3-2-4-6-10/h2-9,13,18-19H,1H3. The van der Waals surface area contributed by atoms with E-state index in [9.17, 15) is 19.8 Å². The zero-order chi connectivity index (χ0) is 16.1. The molecule has 0 heterocycles. The summed E-state index contributed by atoms with van der Waals surface area (Å²) >= 11 is 0. The minimum absolute atomic E-state index is 0.0169. The zero-order valence-electron chi connectivity index (χ0n) is 11.7. The molecule has 2 aromatic carbocycles. The van der Waals surface area contributed by atoms with Gasteiger partial charge in [0.2, 0.25) is 5.75 Å². The normalized spacial score (nSPS) is 11.5. The van der Waals surface area contributed by atoms with Gasteiger partial charge in [0.15, 0.2) is 23.9 Å². The minimum Gasteiger partial charge on any atom is -0.504 e. The summed E-state index contributed by atoms with van der Waals surface area (Å²) in [5.41, 5.74) is 0.363. The van der Waals surface area contributed by atoms with Crippen molar-refractivity contribution in [3.8, 4) is 17.2 Å². The number of hydrogen-bond acceptors (Lipinski definition) is 6. The van der Waals surface area contributed by atoms with Crippen molar-refractivity contribution in [2.75, 3.05) is 7.11 Å². The van der Waals surface area contributed by atoms with Crippen LogP contribution in [0.15, 0.2) is 42.5 Å². The Labute approximate surface area is 126 Å². The molecule has 0 aliphatic rings. The van der Waals surface area contributed by atoms with E-state index in [4.69, 9.17) is 9.47 Å². The van der Waals surface area contributed by atoms with Crippen molar-refractivity contribution in [2.24, 2.45) is 0 Å². The van der Waals surface area contributed by atoms with Crippen molar-refractivity contribution in [1.82, 2.24) is 0 Å². The summed E-state index contributed by atoms with van der Waals surface area (Å²) in [6.45, 7) is 0. The number of esters is 1. The van der Waals surface area contributed by atoms with Crippen molar-refractivity contribution < 1.29 is 29.3 Å². The van der Waals surface area contributed by atoms with E-state index in [1.807, 2.05) is 0 Å². The topological polar surface area (TPSA) is 93.1 Å². The van der Waals surface area contributed by atoms with E-state index in [2.05, 4.69) is 0 Å². The number of phenolic OH excluding ortho intramolecular Hbond substituents is 1. The van der Waals surface area contributed by atoms with Crippen LogP contribution < -0.4 is 9.47 Å². The molecule has 2 N–H and O–H groups in total. The van der Waals surface area contributed by atoms with Gasteiger partial charge >= 0.3 is 5.97 Å². The maximum absolute atomic E-state index is 12.0. The van der Waals surface area contributed by atoms with Crippen LogP contribution in [0.25, 0.3) is 0 Å². The molecule has 0 saturated carbocycles. The number of carbonyl (C=O) groups excluding carboxylic acids is 2. The number of methoxy groups -OCH3 is 1. The van der Waals surface area contributed by atoms with E-state index >= 15 is 0 Å². The largest absolute Gasteiger partial charge is 0.504 e. The molecule has 0 fully saturated rings. The van der Waals surface area contributed by atoms with Gasteiger partial charge in [-0.3, -0.25) is 4.79 Å². The molecule has 0 radical (unpaired) electrons. The van der Waals surface area contributed by atoms with Crippen LogP contribution in [0.4, 0.5) is 0 Å². The number of carbonyl (C=O) groups is 2. The van der Waals surface area contributed by atoms with Gasteiger partial charge < -0.3 is 19.7 Å². The molecule has 0 amide bonds. The van der Waals surface area contributed by atoms with E-state index in [0.29, 0.717) is 11.8 Å². The van der Waals surface area contributed by atoms with Gasteiger partial charge in [-0.25, -0.2) is 4.79 Å². The monoisotopic (exact) mass is 302 g/mol. The Morgan fingerprint density at radius 2 is 1.82 bits per heavy atom. The summed E-state index contributed by atoms with van der Waals surface area (Å²) < 4.78 is 9.99. The highest BCUT2D eigenvalue weighted by molar-refractivity contribution is 5.87. The summed E-state index contributed by atoms with van der Waals surface area (Å²) in [5.74, 6) is -1.67. The number of ether oxygens (including phenoxy) is 2. The highest BCUT2D eigenvalue weighted by Gasteiger charge is 2.24. The van der Waals surface area contributed by atoms with Crippen LogP contribution in [0.2, 0.25) is 0 Å². The Morgan fingerprint density at radius 1 is 1.14 bits per heavy atom. The highest BCUT2D eigenvalue weighted by Crippen LogP contribution is 2.39. The first-order chi connectivity index (χ1) is 10.6.